The molecule has 3 unspecified atom stereocenters. The molecule has 0 heterocycles. The van der Waals surface area contributed by atoms with Crippen molar-refractivity contribution in [3.05, 3.63) is 36.5 Å². The Balaban J connectivity index is 4.61. The van der Waals surface area contributed by atoms with Crippen molar-refractivity contribution < 1.29 is 32.9 Å². The van der Waals surface area contributed by atoms with Gasteiger partial charge in [0.1, 0.15) is 13.2 Å². The third-order valence-corrected chi connectivity index (χ3v) is 8.54. The van der Waals surface area contributed by atoms with Crippen molar-refractivity contribution >= 4 is 13.7 Å². The van der Waals surface area contributed by atoms with Crippen LogP contribution in [0.1, 0.15) is 136 Å². The topological polar surface area (TPSA) is 108 Å². The van der Waals surface area contributed by atoms with Gasteiger partial charge in [-0.1, -0.05) is 121 Å². The molecular formula is C36H69N2O6P. The van der Waals surface area contributed by atoms with Crippen LogP contribution >= 0.6 is 7.82 Å². The molecule has 0 aliphatic heterocycles. The molecule has 0 aromatic rings. The molecule has 0 aliphatic rings. The molecule has 3 atom stereocenters. The SMILES string of the molecule is CCC/C=C\C/C=C\CCCCCCCC(=O)NC(COP(=O)([O-])OCC[N+](C)(C)C)C(O)/C=C/CCCCCCCCCC. The Morgan fingerprint density at radius 2 is 1.33 bits per heavy atom. The Hall–Kier alpha value is -1.28. The summed E-state index contributed by atoms with van der Waals surface area (Å²) in [6, 6.07) is -0.889. The van der Waals surface area contributed by atoms with E-state index in [1.807, 2.05) is 27.2 Å². The van der Waals surface area contributed by atoms with Gasteiger partial charge in [-0.15, -0.1) is 0 Å². The van der Waals surface area contributed by atoms with Gasteiger partial charge in [0, 0.05) is 6.42 Å². The van der Waals surface area contributed by atoms with Gasteiger partial charge in [0.2, 0.25) is 5.91 Å². The minimum absolute atomic E-state index is 0.00492. The van der Waals surface area contributed by atoms with Gasteiger partial charge >= 0.3 is 0 Å². The first-order valence-electron chi connectivity index (χ1n) is 17.9. The van der Waals surface area contributed by atoms with Crippen molar-refractivity contribution in [1.29, 1.82) is 0 Å². The molecule has 0 rings (SSSR count). The molecule has 0 aromatic carbocycles. The fourth-order valence-electron chi connectivity index (χ4n) is 4.66. The predicted octanol–water partition coefficient (Wildman–Crippen LogP) is 8.16. The van der Waals surface area contributed by atoms with Gasteiger partial charge in [-0.25, -0.2) is 0 Å². The number of rotatable bonds is 31. The van der Waals surface area contributed by atoms with E-state index in [1.165, 1.54) is 44.9 Å². The molecule has 0 saturated heterocycles. The lowest BCUT2D eigenvalue weighted by atomic mass is 10.1. The summed E-state index contributed by atoms with van der Waals surface area (Å²) >= 11 is 0. The molecule has 9 heteroatoms. The summed E-state index contributed by atoms with van der Waals surface area (Å²) in [5.74, 6) is -0.218. The van der Waals surface area contributed by atoms with E-state index >= 15 is 0 Å². The van der Waals surface area contributed by atoms with Gasteiger partial charge < -0.3 is 28.8 Å². The lowest BCUT2D eigenvalue weighted by Gasteiger charge is -2.29. The lowest BCUT2D eigenvalue weighted by Crippen LogP contribution is -2.45. The maximum Gasteiger partial charge on any atom is 0.268 e. The number of hydrogen-bond acceptors (Lipinski definition) is 6. The van der Waals surface area contributed by atoms with E-state index in [-0.39, 0.29) is 19.1 Å². The van der Waals surface area contributed by atoms with Crippen LogP contribution in [0.4, 0.5) is 0 Å². The van der Waals surface area contributed by atoms with Crippen LogP contribution in [0.25, 0.3) is 0 Å². The number of quaternary nitrogens is 1. The van der Waals surface area contributed by atoms with E-state index < -0.39 is 20.0 Å². The van der Waals surface area contributed by atoms with Crippen molar-refractivity contribution in [3.8, 4) is 0 Å². The van der Waals surface area contributed by atoms with Crippen LogP contribution in [0, 0.1) is 0 Å². The van der Waals surface area contributed by atoms with E-state index in [2.05, 4.69) is 43.5 Å². The van der Waals surface area contributed by atoms with E-state index in [0.29, 0.717) is 17.4 Å². The Bertz CT molecular complexity index is 840. The monoisotopic (exact) mass is 656 g/mol. The largest absolute Gasteiger partial charge is 0.756 e. The Labute approximate surface area is 276 Å². The van der Waals surface area contributed by atoms with Crippen molar-refractivity contribution in [2.24, 2.45) is 0 Å². The summed E-state index contributed by atoms with van der Waals surface area (Å²) in [7, 11) is 1.24. The number of carbonyl (C=O) groups excluding carboxylic acids is 1. The first-order valence-corrected chi connectivity index (χ1v) is 19.3. The first-order chi connectivity index (χ1) is 21.5. The zero-order valence-corrected chi connectivity index (χ0v) is 30.5. The molecule has 0 fully saturated rings. The van der Waals surface area contributed by atoms with Crippen LogP contribution < -0.4 is 10.2 Å². The highest BCUT2D eigenvalue weighted by molar-refractivity contribution is 7.45. The van der Waals surface area contributed by atoms with Gasteiger partial charge in [-0.2, -0.15) is 0 Å². The minimum atomic E-state index is -4.58. The number of aliphatic hydroxyl groups is 1. The number of phosphoric acid groups is 1. The van der Waals surface area contributed by atoms with Crippen LogP contribution in [0.5, 0.6) is 0 Å². The van der Waals surface area contributed by atoms with Gasteiger partial charge in [-0.3, -0.25) is 9.36 Å². The average Bonchev–Trinajstić information content (AvgIpc) is 2.97. The molecule has 0 bridgehead atoms. The summed E-state index contributed by atoms with van der Waals surface area (Å²) in [6.45, 7) is 4.51. The predicted molar refractivity (Wildman–Crippen MR) is 187 cm³/mol. The Kier molecular flexibility index (Phi) is 28.1. The molecule has 45 heavy (non-hydrogen) atoms. The zero-order valence-electron chi connectivity index (χ0n) is 29.6. The standard InChI is InChI=1S/C36H69N2O6P/c1-6-8-10-12-14-16-18-19-20-22-24-26-28-30-36(40)37-34(33-44-45(41,42)43-32-31-38(3,4)5)35(39)29-27-25-23-21-17-15-13-11-9-7-2/h10,12,16,18,27,29,34-35,39H,6-9,11,13-15,17,19-26,28,30-33H2,1-5H3,(H-,37,40,41,42)/b12-10-,18-16-,29-27+. The second kappa shape index (κ2) is 28.9. The second-order valence-electron chi connectivity index (χ2n) is 13.2. The molecular weight excluding hydrogens is 587 g/mol. The van der Waals surface area contributed by atoms with Crippen LogP contribution in [0.3, 0.4) is 0 Å². The van der Waals surface area contributed by atoms with Crippen LogP contribution in [-0.2, 0) is 18.4 Å². The quantitative estimate of drug-likeness (QED) is 0.0337. The average molecular weight is 657 g/mol. The number of likely N-dealkylation sites (N-methyl/N-ethyl adjacent to an activating group) is 1. The number of amides is 1. The van der Waals surface area contributed by atoms with Gasteiger partial charge in [-0.05, 0) is 44.9 Å². The van der Waals surface area contributed by atoms with Crippen molar-refractivity contribution in [2.75, 3.05) is 40.9 Å². The summed E-state index contributed by atoms with van der Waals surface area (Å²) in [6.07, 6.45) is 31.8. The van der Waals surface area contributed by atoms with Crippen LogP contribution in [0.15, 0.2) is 36.5 Å². The molecule has 1 amide bonds. The van der Waals surface area contributed by atoms with E-state index in [4.69, 9.17) is 9.05 Å². The van der Waals surface area contributed by atoms with E-state index in [9.17, 15) is 19.4 Å². The summed E-state index contributed by atoms with van der Waals surface area (Å²) in [4.78, 5) is 25.1. The second-order valence-corrected chi connectivity index (χ2v) is 14.6. The summed E-state index contributed by atoms with van der Waals surface area (Å²) in [5, 5.41) is 13.6. The number of nitrogens with one attached hydrogen (secondary N) is 1. The fraction of sp³-hybridized carbons (Fsp3) is 0.806. The number of phosphoric ester groups is 1. The van der Waals surface area contributed by atoms with Crippen LogP contribution in [-0.4, -0.2) is 68.5 Å². The smallest absolute Gasteiger partial charge is 0.268 e. The zero-order chi connectivity index (χ0) is 33.7. The lowest BCUT2D eigenvalue weighted by molar-refractivity contribution is -0.870. The van der Waals surface area contributed by atoms with Crippen molar-refractivity contribution in [3.63, 3.8) is 0 Å². The molecule has 0 radical (unpaired) electrons. The molecule has 264 valence electrons. The molecule has 0 saturated carbocycles. The third kappa shape index (κ3) is 31.1. The van der Waals surface area contributed by atoms with Crippen molar-refractivity contribution in [2.45, 2.75) is 148 Å². The Morgan fingerprint density at radius 1 is 0.778 bits per heavy atom. The molecule has 0 aliphatic carbocycles. The Morgan fingerprint density at radius 3 is 1.93 bits per heavy atom. The number of aliphatic hydroxyl groups excluding tert-OH is 1. The van der Waals surface area contributed by atoms with E-state index in [1.54, 1.807) is 6.08 Å². The number of unbranched alkanes of at least 4 members (excludes halogenated alkanes) is 14. The maximum absolute atomic E-state index is 12.7. The van der Waals surface area contributed by atoms with Gasteiger partial charge in [0.25, 0.3) is 7.82 Å². The maximum atomic E-state index is 12.7. The molecule has 2 N–H and O–H groups in total. The fourth-order valence-corrected chi connectivity index (χ4v) is 5.38. The molecule has 0 spiro atoms. The van der Waals surface area contributed by atoms with Gasteiger partial charge in [0.05, 0.1) is 39.9 Å². The number of allylic oxidation sites excluding steroid dienone is 5. The van der Waals surface area contributed by atoms with Crippen LogP contribution in [0.2, 0.25) is 0 Å². The highest BCUT2D eigenvalue weighted by atomic mass is 31.2. The highest BCUT2D eigenvalue weighted by Gasteiger charge is 2.23. The van der Waals surface area contributed by atoms with Gasteiger partial charge in [0.15, 0.2) is 0 Å². The van der Waals surface area contributed by atoms with E-state index in [0.717, 1.165) is 70.6 Å². The molecule has 0 aromatic heterocycles. The summed E-state index contributed by atoms with van der Waals surface area (Å²) < 4.78 is 23.0. The highest BCUT2D eigenvalue weighted by Crippen LogP contribution is 2.38. The first kappa shape index (κ1) is 43.7. The minimum Gasteiger partial charge on any atom is -0.756 e. The number of hydrogen-bond donors (Lipinski definition) is 2. The van der Waals surface area contributed by atoms with Crippen molar-refractivity contribution in [1.82, 2.24) is 5.32 Å². The number of carbonyl (C=O) groups is 1. The molecule has 8 nitrogen and oxygen atoms in total. The normalized spacial score (nSPS) is 15.3. The number of nitrogens with zero attached hydrogens (tertiary/aromatic N) is 1. The summed E-state index contributed by atoms with van der Waals surface area (Å²) in [5.41, 5.74) is 0. The third-order valence-electron chi connectivity index (χ3n) is 7.58.